The maximum Gasteiger partial charge on any atom is 0.258 e. The smallest absolute Gasteiger partial charge is 0.258 e. The quantitative estimate of drug-likeness (QED) is 0.644. The summed E-state index contributed by atoms with van der Waals surface area (Å²) in [6.45, 7) is 4.83. The maximum absolute atomic E-state index is 13.5. The number of nitrogens with zero attached hydrogens (tertiary/aromatic N) is 2. The molecule has 3 aromatic rings. The minimum Gasteiger partial charge on any atom is -0.381 e. The molecule has 30 heavy (non-hydrogen) atoms. The van der Waals surface area contributed by atoms with E-state index in [4.69, 9.17) is 4.74 Å². The maximum atomic E-state index is 13.5. The summed E-state index contributed by atoms with van der Waals surface area (Å²) in [7, 11) is 0. The number of piperidine rings is 1. The van der Waals surface area contributed by atoms with Crippen molar-refractivity contribution in [3.05, 3.63) is 70.6 Å². The number of pyridine rings is 1. The Morgan fingerprint density at radius 2 is 1.70 bits per heavy atom. The van der Waals surface area contributed by atoms with Gasteiger partial charge in [-0.25, -0.2) is 0 Å². The molecule has 2 saturated heterocycles. The Labute approximate surface area is 177 Å². The van der Waals surface area contributed by atoms with Gasteiger partial charge < -0.3 is 9.30 Å². The molecule has 0 amide bonds. The van der Waals surface area contributed by atoms with Crippen LogP contribution in [0.2, 0.25) is 0 Å². The number of hydrogen-bond acceptors (Lipinski definition) is 3. The molecule has 0 aliphatic carbocycles. The highest BCUT2D eigenvalue weighted by Crippen LogP contribution is 2.37. The van der Waals surface area contributed by atoms with Crippen LogP contribution in [0.25, 0.3) is 21.9 Å². The number of fused-ring (bicyclic) bond motifs is 5. The van der Waals surface area contributed by atoms with Crippen LogP contribution in [0, 0.1) is 5.92 Å². The van der Waals surface area contributed by atoms with E-state index < -0.39 is 0 Å². The number of benzene rings is 2. The summed E-state index contributed by atoms with van der Waals surface area (Å²) < 4.78 is 7.65. The van der Waals surface area contributed by atoms with Gasteiger partial charge >= 0.3 is 0 Å². The highest BCUT2D eigenvalue weighted by atomic mass is 16.5. The molecule has 154 valence electrons. The van der Waals surface area contributed by atoms with E-state index in [1.54, 1.807) is 0 Å². The minimum absolute atomic E-state index is 0.178. The molecule has 6 rings (SSSR count). The van der Waals surface area contributed by atoms with Crippen molar-refractivity contribution < 1.29 is 4.74 Å². The van der Waals surface area contributed by atoms with E-state index in [0.29, 0.717) is 17.9 Å². The normalized spacial score (nSPS) is 24.7. The molecule has 0 N–H and O–H groups in total. The minimum atomic E-state index is 0.178. The van der Waals surface area contributed by atoms with Crippen LogP contribution in [0.3, 0.4) is 0 Å². The molecule has 2 aromatic carbocycles. The molecule has 4 heteroatoms. The standard InChI is InChI=1S/C26H28N2O2/c29-26-24(21-6-5-19-3-1-2-4-20(19)14-21)7-8-25-22-13-18(16-28(25)26)15-27(17-22)23-9-11-30-12-10-23/h1-8,14,18,22-23H,9-13,15-17H2. The molecule has 0 radical (unpaired) electrons. The first kappa shape index (κ1) is 18.3. The van der Waals surface area contributed by atoms with Gasteiger partial charge in [-0.15, -0.1) is 0 Å². The Morgan fingerprint density at radius 3 is 2.57 bits per heavy atom. The zero-order valence-electron chi connectivity index (χ0n) is 17.3. The van der Waals surface area contributed by atoms with E-state index in [0.717, 1.165) is 56.8 Å². The molecule has 4 heterocycles. The van der Waals surface area contributed by atoms with E-state index in [-0.39, 0.29) is 5.56 Å². The second-order valence-corrected chi connectivity index (χ2v) is 9.25. The lowest BCUT2D eigenvalue weighted by atomic mass is 9.81. The van der Waals surface area contributed by atoms with Crippen molar-refractivity contribution in [3.63, 3.8) is 0 Å². The first-order valence-corrected chi connectivity index (χ1v) is 11.3. The van der Waals surface area contributed by atoms with E-state index in [1.165, 1.54) is 22.9 Å². The molecular formula is C26H28N2O2. The van der Waals surface area contributed by atoms with Gasteiger partial charge in [0.05, 0.1) is 0 Å². The lowest BCUT2D eigenvalue weighted by Gasteiger charge is -2.46. The van der Waals surface area contributed by atoms with E-state index in [9.17, 15) is 4.79 Å². The highest BCUT2D eigenvalue weighted by Gasteiger charge is 2.37. The Balaban J connectivity index is 1.34. The highest BCUT2D eigenvalue weighted by molar-refractivity contribution is 5.87. The molecule has 2 atom stereocenters. The summed E-state index contributed by atoms with van der Waals surface area (Å²) in [6.07, 6.45) is 3.51. The predicted octanol–water partition coefficient (Wildman–Crippen LogP) is 4.27. The Bertz CT molecular complexity index is 1150. The number of likely N-dealkylation sites (tertiary alicyclic amines) is 1. The van der Waals surface area contributed by atoms with Crippen LogP contribution in [0.4, 0.5) is 0 Å². The second kappa shape index (κ2) is 7.36. The van der Waals surface area contributed by atoms with Gasteiger partial charge in [-0.1, -0.05) is 36.4 Å². The monoisotopic (exact) mass is 400 g/mol. The average Bonchev–Trinajstić information content (AvgIpc) is 2.80. The van der Waals surface area contributed by atoms with Crippen molar-refractivity contribution in [2.24, 2.45) is 5.92 Å². The summed E-state index contributed by atoms with van der Waals surface area (Å²) >= 11 is 0. The van der Waals surface area contributed by atoms with Gasteiger partial charge in [0.2, 0.25) is 0 Å². The predicted molar refractivity (Wildman–Crippen MR) is 120 cm³/mol. The molecular weight excluding hydrogens is 372 g/mol. The van der Waals surface area contributed by atoms with Gasteiger partial charge in [0, 0.05) is 56.1 Å². The van der Waals surface area contributed by atoms with E-state index >= 15 is 0 Å². The molecule has 1 aromatic heterocycles. The third kappa shape index (κ3) is 3.10. The first-order valence-electron chi connectivity index (χ1n) is 11.3. The lowest BCUT2D eigenvalue weighted by molar-refractivity contribution is 0.00589. The van der Waals surface area contributed by atoms with Gasteiger partial charge in [0.1, 0.15) is 0 Å². The van der Waals surface area contributed by atoms with Crippen molar-refractivity contribution in [1.29, 1.82) is 0 Å². The fourth-order valence-corrected chi connectivity index (χ4v) is 5.91. The molecule has 0 saturated carbocycles. The van der Waals surface area contributed by atoms with Crippen LogP contribution in [0.5, 0.6) is 0 Å². The van der Waals surface area contributed by atoms with Gasteiger partial charge in [0.25, 0.3) is 5.56 Å². The number of aromatic nitrogens is 1. The fraction of sp³-hybridized carbons (Fsp3) is 0.423. The number of ether oxygens (including phenoxy) is 1. The van der Waals surface area contributed by atoms with Crippen molar-refractivity contribution in [2.75, 3.05) is 26.3 Å². The summed E-state index contributed by atoms with van der Waals surface area (Å²) in [6, 6.07) is 19.6. The number of rotatable bonds is 2. The van der Waals surface area contributed by atoms with Crippen molar-refractivity contribution in [1.82, 2.24) is 9.47 Å². The molecule has 2 unspecified atom stereocenters. The summed E-state index contributed by atoms with van der Waals surface area (Å²) in [5.74, 6) is 1.04. The van der Waals surface area contributed by atoms with Gasteiger partial charge in [-0.05, 0) is 59.7 Å². The molecule has 2 fully saturated rings. The Hall–Kier alpha value is -2.43. The molecule has 0 spiro atoms. The Morgan fingerprint density at radius 1 is 0.867 bits per heavy atom. The van der Waals surface area contributed by atoms with E-state index in [2.05, 4.69) is 64.1 Å². The van der Waals surface area contributed by atoms with Crippen molar-refractivity contribution >= 4 is 10.8 Å². The van der Waals surface area contributed by atoms with Crippen LogP contribution < -0.4 is 5.56 Å². The SMILES string of the molecule is O=c1c(-c2ccc3ccccc3c2)ccc2n1CC1CC2CN(C2CCOCC2)C1. The van der Waals surface area contributed by atoms with Gasteiger partial charge in [0.15, 0.2) is 0 Å². The summed E-state index contributed by atoms with van der Waals surface area (Å²) in [5.41, 5.74) is 3.26. The van der Waals surface area contributed by atoms with Crippen LogP contribution in [0.1, 0.15) is 30.9 Å². The fourth-order valence-electron chi connectivity index (χ4n) is 5.91. The molecule has 3 aliphatic heterocycles. The van der Waals surface area contributed by atoms with Crippen LogP contribution in [-0.2, 0) is 11.3 Å². The zero-order chi connectivity index (χ0) is 20.1. The largest absolute Gasteiger partial charge is 0.381 e. The average molecular weight is 401 g/mol. The van der Waals surface area contributed by atoms with Crippen molar-refractivity contribution in [3.8, 4) is 11.1 Å². The van der Waals surface area contributed by atoms with Gasteiger partial charge in [-0.2, -0.15) is 0 Å². The summed E-state index contributed by atoms with van der Waals surface area (Å²) in [5, 5.41) is 2.39. The lowest BCUT2D eigenvalue weighted by Crippen LogP contribution is -2.51. The molecule has 4 nitrogen and oxygen atoms in total. The van der Waals surface area contributed by atoms with Gasteiger partial charge in [-0.3, -0.25) is 9.69 Å². The summed E-state index contributed by atoms with van der Waals surface area (Å²) in [4.78, 5) is 16.2. The first-order chi connectivity index (χ1) is 14.8. The topological polar surface area (TPSA) is 34.5 Å². The molecule has 3 aliphatic rings. The van der Waals surface area contributed by atoms with Crippen LogP contribution >= 0.6 is 0 Å². The Kier molecular flexibility index (Phi) is 4.50. The van der Waals surface area contributed by atoms with E-state index in [1.807, 2.05) is 0 Å². The van der Waals surface area contributed by atoms with Crippen LogP contribution in [-0.4, -0.2) is 41.8 Å². The number of hydrogen-bond donors (Lipinski definition) is 0. The third-order valence-electron chi connectivity index (χ3n) is 7.40. The second-order valence-electron chi connectivity index (χ2n) is 9.25. The third-order valence-corrected chi connectivity index (χ3v) is 7.40. The molecule has 2 bridgehead atoms. The van der Waals surface area contributed by atoms with Crippen molar-refractivity contribution in [2.45, 2.75) is 37.8 Å². The van der Waals surface area contributed by atoms with Crippen LogP contribution in [0.15, 0.2) is 59.4 Å². The zero-order valence-corrected chi connectivity index (χ0v) is 17.3.